The van der Waals surface area contributed by atoms with Gasteiger partial charge in [0.15, 0.2) is 15.9 Å². The van der Waals surface area contributed by atoms with Gasteiger partial charge in [-0.15, -0.1) is 32.9 Å². The second-order valence-electron chi connectivity index (χ2n) is 6.74. The number of ether oxygens (including phenoxy) is 1. The molecule has 5 aromatic rings. The van der Waals surface area contributed by atoms with Crippen molar-refractivity contribution in [3.8, 4) is 16.3 Å². The Kier molecular flexibility index (Phi) is 5.34. The first kappa shape index (κ1) is 20.0. The first-order valence-electron chi connectivity index (χ1n) is 9.37. The van der Waals surface area contributed by atoms with Crippen LogP contribution in [0.2, 0.25) is 0 Å². The molecular weight excluding hydrogens is 450 g/mol. The third-order valence-electron chi connectivity index (χ3n) is 4.73. The Labute approximate surface area is 190 Å². The quantitative estimate of drug-likeness (QED) is 0.349. The van der Waals surface area contributed by atoms with E-state index < -0.39 is 0 Å². The van der Waals surface area contributed by atoms with Gasteiger partial charge < -0.3 is 10.1 Å². The molecular formula is C21H17N5O2S3. The van der Waals surface area contributed by atoms with Gasteiger partial charge in [-0.3, -0.25) is 9.20 Å². The van der Waals surface area contributed by atoms with Crippen LogP contribution in [0.4, 0.5) is 5.13 Å². The molecule has 0 atom stereocenters. The number of rotatable bonds is 6. The molecule has 0 bridgehead atoms. The fraction of sp³-hybridized carbons (Fsp3) is 0.143. The van der Waals surface area contributed by atoms with E-state index in [4.69, 9.17) is 4.74 Å². The first-order valence-corrected chi connectivity index (χ1v) is 12.1. The van der Waals surface area contributed by atoms with E-state index in [0.29, 0.717) is 10.3 Å². The number of hydrogen-bond donors (Lipinski definition) is 1. The van der Waals surface area contributed by atoms with Crippen molar-refractivity contribution in [3.05, 3.63) is 52.7 Å². The molecule has 0 saturated carbocycles. The van der Waals surface area contributed by atoms with Crippen LogP contribution in [0.25, 0.3) is 27.1 Å². The minimum absolute atomic E-state index is 0.136. The van der Waals surface area contributed by atoms with Gasteiger partial charge in [0.2, 0.25) is 5.91 Å². The van der Waals surface area contributed by atoms with Gasteiger partial charge in [-0.1, -0.05) is 17.8 Å². The van der Waals surface area contributed by atoms with Gasteiger partial charge in [0.25, 0.3) is 0 Å². The molecule has 7 nitrogen and oxygen atoms in total. The van der Waals surface area contributed by atoms with Crippen molar-refractivity contribution in [1.29, 1.82) is 0 Å². The Morgan fingerprint density at radius 3 is 2.94 bits per heavy atom. The lowest BCUT2D eigenvalue weighted by atomic mass is 10.1. The summed E-state index contributed by atoms with van der Waals surface area (Å²) in [4.78, 5) is 18.1. The van der Waals surface area contributed by atoms with Crippen LogP contribution in [-0.4, -0.2) is 38.4 Å². The van der Waals surface area contributed by atoms with Crippen LogP contribution < -0.4 is 10.1 Å². The number of thiazole rings is 1. The molecule has 0 radical (unpaired) electrons. The van der Waals surface area contributed by atoms with Gasteiger partial charge >= 0.3 is 0 Å². The predicted octanol–water partition coefficient (Wildman–Crippen LogP) is 5.12. The maximum atomic E-state index is 12.5. The molecule has 1 aromatic carbocycles. The number of nitrogens with one attached hydrogen (secondary N) is 1. The highest BCUT2D eigenvalue weighted by atomic mass is 32.2. The zero-order valence-electron chi connectivity index (χ0n) is 16.7. The number of carbonyl (C=O) groups is 1. The maximum absolute atomic E-state index is 12.5. The van der Waals surface area contributed by atoms with Gasteiger partial charge in [-0.05, 0) is 42.1 Å². The zero-order chi connectivity index (χ0) is 21.4. The van der Waals surface area contributed by atoms with Crippen LogP contribution in [0.1, 0.15) is 5.56 Å². The van der Waals surface area contributed by atoms with Crippen molar-refractivity contribution in [3.63, 3.8) is 0 Å². The number of pyridine rings is 1. The zero-order valence-corrected chi connectivity index (χ0v) is 19.1. The van der Waals surface area contributed by atoms with Crippen molar-refractivity contribution in [2.45, 2.75) is 12.1 Å². The summed E-state index contributed by atoms with van der Waals surface area (Å²) in [5.74, 6) is 0.823. The normalized spacial score (nSPS) is 11.3. The molecule has 1 N–H and O–H groups in total. The lowest BCUT2D eigenvalue weighted by Gasteiger charge is -2.09. The largest absolute Gasteiger partial charge is 0.497 e. The van der Waals surface area contributed by atoms with E-state index in [1.165, 1.54) is 23.1 Å². The average molecular weight is 468 g/mol. The molecule has 0 aliphatic carbocycles. The number of amides is 1. The Morgan fingerprint density at radius 1 is 1.23 bits per heavy atom. The van der Waals surface area contributed by atoms with Crippen molar-refractivity contribution in [2.24, 2.45) is 0 Å². The fourth-order valence-electron chi connectivity index (χ4n) is 3.28. The van der Waals surface area contributed by atoms with Gasteiger partial charge in [-0.25, -0.2) is 4.98 Å². The predicted molar refractivity (Wildman–Crippen MR) is 127 cm³/mol. The highest BCUT2D eigenvalue weighted by Gasteiger charge is 2.15. The first-order chi connectivity index (χ1) is 15.1. The Hall–Kier alpha value is -2.95. The molecule has 0 spiro atoms. The monoisotopic (exact) mass is 467 g/mol. The Bertz CT molecular complexity index is 1390. The minimum Gasteiger partial charge on any atom is -0.497 e. The fourth-order valence-corrected chi connectivity index (χ4v) is 5.52. The molecule has 0 unspecified atom stereocenters. The standard InChI is InChI=1S/C21H17N5O2S3/c1-12-8-18-24-25-21(26(18)16-9-13(28-2)5-6-14(12)16)31-11-19(27)23-20-22-15(10-30-20)17-4-3-7-29-17/h3-10H,11H2,1-2H3,(H,22,23,27). The number of aromatic nitrogens is 4. The second kappa shape index (κ2) is 8.29. The molecule has 31 heavy (non-hydrogen) atoms. The van der Waals surface area contributed by atoms with E-state index in [1.807, 2.05) is 58.5 Å². The minimum atomic E-state index is -0.136. The van der Waals surface area contributed by atoms with Crippen molar-refractivity contribution in [1.82, 2.24) is 19.6 Å². The molecule has 0 fully saturated rings. The smallest absolute Gasteiger partial charge is 0.236 e. The topological polar surface area (TPSA) is 81.4 Å². The summed E-state index contributed by atoms with van der Waals surface area (Å²) in [6.07, 6.45) is 0. The summed E-state index contributed by atoms with van der Waals surface area (Å²) in [5.41, 5.74) is 3.67. The van der Waals surface area contributed by atoms with E-state index in [1.54, 1.807) is 18.4 Å². The molecule has 4 aromatic heterocycles. The number of thioether (sulfide) groups is 1. The Balaban J connectivity index is 1.36. The number of benzene rings is 1. The summed E-state index contributed by atoms with van der Waals surface area (Å²) in [6.45, 7) is 2.04. The number of methoxy groups -OCH3 is 1. The van der Waals surface area contributed by atoms with Crippen molar-refractivity contribution < 1.29 is 9.53 Å². The van der Waals surface area contributed by atoms with Gasteiger partial charge in [-0.2, -0.15) is 0 Å². The Morgan fingerprint density at radius 2 is 2.13 bits per heavy atom. The molecule has 1 amide bonds. The van der Waals surface area contributed by atoms with E-state index >= 15 is 0 Å². The van der Waals surface area contributed by atoms with Crippen LogP contribution >= 0.6 is 34.4 Å². The van der Waals surface area contributed by atoms with Crippen LogP contribution in [0.15, 0.2) is 52.3 Å². The van der Waals surface area contributed by atoms with Crippen molar-refractivity contribution in [2.75, 3.05) is 18.2 Å². The SMILES string of the molecule is COc1ccc2c(C)cc3nnc(SCC(=O)Nc4nc(-c5cccs5)cs4)n3c2c1. The van der Waals surface area contributed by atoms with E-state index in [-0.39, 0.29) is 11.7 Å². The average Bonchev–Trinajstić information content (AvgIpc) is 3.53. The molecule has 0 aliphatic heterocycles. The summed E-state index contributed by atoms with van der Waals surface area (Å²) >= 11 is 4.38. The summed E-state index contributed by atoms with van der Waals surface area (Å²) < 4.78 is 7.35. The molecule has 0 aliphatic rings. The van der Waals surface area contributed by atoms with Crippen LogP contribution in [0.5, 0.6) is 5.75 Å². The summed E-state index contributed by atoms with van der Waals surface area (Å²) in [5, 5.41) is 17.7. The molecule has 4 heterocycles. The number of fused-ring (bicyclic) bond motifs is 3. The lowest BCUT2D eigenvalue weighted by molar-refractivity contribution is -0.113. The van der Waals surface area contributed by atoms with Crippen LogP contribution in [0, 0.1) is 6.92 Å². The van der Waals surface area contributed by atoms with Gasteiger partial charge in [0, 0.05) is 16.8 Å². The summed E-state index contributed by atoms with van der Waals surface area (Å²) in [7, 11) is 1.64. The molecule has 156 valence electrons. The maximum Gasteiger partial charge on any atom is 0.236 e. The number of anilines is 1. The third-order valence-corrected chi connectivity index (χ3v) is 7.31. The highest BCUT2D eigenvalue weighted by molar-refractivity contribution is 7.99. The van der Waals surface area contributed by atoms with Gasteiger partial charge in [0.1, 0.15) is 5.75 Å². The molecule has 5 rings (SSSR count). The third kappa shape index (κ3) is 3.89. The van der Waals surface area contributed by atoms with E-state index in [0.717, 1.165) is 38.4 Å². The number of nitrogens with zero attached hydrogens (tertiary/aromatic N) is 4. The van der Waals surface area contributed by atoms with Crippen LogP contribution in [-0.2, 0) is 4.79 Å². The molecule has 10 heteroatoms. The van der Waals surface area contributed by atoms with E-state index in [9.17, 15) is 4.79 Å². The number of carbonyl (C=O) groups excluding carboxylic acids is 1. The van der Waals surface area contributed by atoms with Crippen molar-refractivity contribution >= 4 is 62.0 Å². The second-order valence-corrected chi connectivity index (χ2v) is 9.49. The molecule has 0 saturated heterocycles. The summed E-state index contributed by atoms with van der Waals surface area (Å²) in [6, 6.07) is 11.9. The number of aryl methyl sites for hydroxylation is 1. The number of thiophene rings is 1. The van der Waals surface area contributed by atoms with E-state index in [2.05, 4.69) is 20.5 Å². The lowest BCUT2D eigenvalue weighted by Crippen LogP contribution is -2.14. The highest BCUT2D eigenvalue weighted by Crippen LogP contribution is 2.30. The van der Waals surface area contributed by atoms with Crippen LogP contribution in [0.3, 0.4) is 0 Å². The number of hydrogen-bond acceptors (Lipinski definition) is 8. The van der Waals surface area contributed by atoms with Gasteiger partial charge in [0.05, 0.1) is 29.0 Å².